The number of thiazole rings is 1. The highest BCUT2D eigenvalue weighted by atomic mass is 32.1. The number of aromatic nitrogens is 1. The summed E-state index contributed by atoms with van der Waals surface area (Å²) >= 11 is 1.29. The Kier molecular flexibility index (Phi) is 2.24. The summed E-state index contributed by atoms with van der Waals surface area (Å²) in [4.78, 5) is 6.49. The minimum atomic E-state index is -2.65. The monoisotopic (exact) mass is 233 g/mol. The molecule has 0 bridgehead atoms. The van der Waals surface area contributed by atoms with Crippen molar-refractivity contribution in [1.29, 1.82) is 0 Å². The molecule has 1 saturated carbocycles. The van der Waals surface area contributed by atoms with Crippen LogP contribution in [0.3, 0.4) is 0 Å². The van der Waals surface area contributed by atoms with E-state index in [4.69, 9.17) is 5.73 Å². The summed E-state index contributed by atoms with van der Waals surface area (Å²) in [7, 11) is 3.67. The highest BCUT2D eigenvalue weighted by molar-refractivity contribution is 7.15. The summed E-state index contributed by atoms with van der Waals surface area (Å²) in [5.74, 6) is -2.65. The number of nitrogens with two attached hydrogens (primary N) is 1. The van der Waals surface area contributed by atoms with Gasteiger partial charge in [0.1, 0.15) is 0 Å². The fourth-order valence-electron chi connectivity index (χ4n) is 1.62. The van der Waals surface area contributed by atoms with Crippen LogP contribution in [0.2, 0.25) is 0 Å². The molecule has 0 aromatic carbocycles. The molecule has 0 radical (unpaired) electrons. The van der Waals surface area contributed by atoms with Gasteiger partial charge in [-0.25, -0.2) is 13.8 Å². The summed E-state index contributed by atoms with van der Waals surface area (Å²) in [6.07, 6.45) is 1.37. The van der Waals surface area contributed by atoms with Gasteiger partial charge in [0.2, 0.25) is 0 Å². The molecule has 0 saturated heterocycles. The fraction of sp³-hybridized carbons (Fsp3) is 0.667. The van der Waals surface area contributed by atoms with Crippen LogP contribution in [0.15, 0.2) is 6.20 Å². The van der Waals surface area contributed by atoms with Crippen molar-refractivity contribution in [3.05, 3.63) is 11.1 Å². The second kappa shape index (κ2) is 3.12. The molecule has 1 aromatic rings. The fourth-order valence-corrected chi connectivity index (χ4v) is 2.71. The van der Waals surface area contributed by atoms with Crippen LogP contribution < -0.4 is 10.6 Å². The van der Waals surface area contributed by atoms with Gasteiger partial charge in [-0.3, -0.25) is 0 Å². The van der Waals surface area contributed by atoms with E-state index in [0.717, 1.165) is 5.13 Å². The van der Waals surface area contributed by atoms with E-state index < -0.39 is 11.3 Å². The van der Waals surface area contributed by atoms with Crippen molar-refractivity contribution in [2.24, 2.45) is 5.73 Å². The summed E-state index contributed by atoms with van der Waals surface area (Å²) in [6, 6.07) is 0. The molecule has 1 aliphatic rings. The predicted molar refractivity (Wildman–Crippen MR) is 56.7 cm³/mol. The van der Waals surface area contributed by atoms with Crippen molar-refractivity contribution < 1.29 is 8.78 Å². The van der Waals surface area contributed by atoms with E-state index in [1.165, 1.54) is 17.5 Å². The van der Waals surface area contributed by atoms with Crippen molar-refractivity contribution in [1.82, 2.24) is 4.98 Å². The van der Waals surface area contributed by atoms with Crippen LogP contribution in [0.4, 0.5) is 13.9 Å². The number of halogens is 2. The van der Waals surface area contributed by atoms with E-state index >= 15 is 0 Å². The lowest BCUT2D eigenvalue weighted by atomic mass is 10.1. The highest BCUT2D eigenvalue weighted by Gasteiger charge is 2.72. The van der Waals surface area contributed by atoms with Gasteiger partial charge < -0.3 is 10.6 Å². The number of anilines is 1. The Morgan fingerprint density at radius 2 is 2.20 bits per heavy atom. The van der Waals surface area contributed by atoms with Crippen molar-refractivity contribution >= 4 is 16.5 Å². The Morgan fingerprint density at radius 1 is 1.60 bits per heavy atom. The first kappa shape index (κ1) is 10.8. The van der Waals surface area contributed by atoms with Gasteiger partial charge in [-0.2, -0.15) is 0 Å². The van der Waals surface area contributed by atoms with E-state index in [0.29, 0.717) is 4.88 Å². The Labute approximate surface area is 90.9 Å². The van der Waals surface area contributed by atoms with Gasteiger partial charge in [0, 0.05) is 38.1 Å². The molecule has 84 valence electrons. The first-order valence-electron chi connectivity index (χ1n) is 4.64. The molecule has 3 nitrogen and oxygen atoms in total. The predicted octanol–water partition coefficient (Wildman–Crippen LogP) is 1.44. The van der Waals surface area contributed by atoms with Crippen molar-refractivity contribution in [3.8, 4) is 0 Å². The van der Waals surface area contributed by atoms with Crippen LogP contribution in [0, 0.1) is 0 Å². The summed E-state index contributed by atoms with van der Waals surface area (Å²) in [5.41, 5.74) is 4.31. The second-order valence-corrected chi connectivity index (χ2v) is 5.08. The van der Waals surface area contributed by atoms with Crippen LogP contribution in [-0.4, -0.2) is 31.5 Å². The van der Waals surface area contributed by atoms with Gasteiger partial charge >= 0.3 is 0 Å². The molecule has 6 heteroatoms. The van der Waals surface area contributed by atoms with Crippen molar-refractivity contribution in [3.63, 3.8) is 0 Å². The van der Waals surface area contributed by atoms with Crippen LogP contribution in [0.25, 0.3) is 0 Å². The van der Waals surface area contributed by atoms with E-state index in [2.05, 4.69) is 4.98 Å². The number of rotatable bonds is 3. The second-order valence-electron chi connectivity index (χ2n) is 4.07. The van der Waals surface area contributed by atoms with Crippen molar-refractivity contribution in [2.75, 3.05) is 25.5 Å². The first-order valence-corrected chi connectivity index (χ1v) is 5.46. The summed E-state index contributed by atoms with van der Waals surface area (Å²) in [5, 5.41) is 0.737. The zero-order chi connectivity index (χ0) is 11.3. The zero-order valence-corrected chi connectivity index (χ0v) is 9.44. The van der Waals surface area contributed by atoms with Gasteiger partial charge in [-0.05, 0) is 0 Å². The molecular weight excluding hydrogens is 220 g/mol. The molecule has 15 heavy (non-hydrogen) atoms. The summed E-state index contributed by atoms with van der Waals surface area (Å²) < 4.78 is 26.5. The van der Waals surface area contributed by atoms with Gasteiger partial charge in [-0.1, -0.05) is 0 Å². The normalized spacial score (nSPS) is 27.8. The minimum absolute atomic E-state index is 0.0188. The molecular formula is C9H13F2N3S. The number of nitrogens with zero attached hydrogens (tertiary/aromatic N) is 2. The van der Waals surface area contributed by atoms with Crippen LogP contribution in [-0.2, 0) is 5.41 Å². The molecule has 2 N–H and O–H groups in total. The Hall–Kier alpha value is -0.750. The van der Waals surface area contributed by atoms with Gasteiger partial charge in [0.25, 0.3) is 5.92 Å². The lowest BCUT2D eigenvalue weighted by Crippen LogP contribution is -2.25. The van der Waals surface area contributed by atoms with E-state index in [-0.39, 0.29) is 13.0 Å². The van der Waals surface area contributed by atoms with Crippen LogP contribution in [0.5, 0.6) is 0 Å². The van der Waals surface area contributed by atoms with Gasteiger partial charge in [-0.15, -0.1) is 11.3 Å². The maximum Gasteiger partial charge on any atom is 0.261 e. The van der Waals surface area contributed by atoms with Crippen LogP contribution >= 0.6 is 11.3 Å². The number of hydrogen-bond donors (Lipinski definition) is 1. The highest BCUT2D eigenvalue weighted by Crippen LogP contribution is 2.62. The number of alkyl halides is 2. The lowest BCUT2D eigenvalue weighted by molar-refractivity contribution is 0.0904. The van der Waals surface area contributed by atoms with Gasteiger partial charge in [0.05, 0.1) is 5.41 Å². The molecule has 1 aromatic heterocycles. The zero-order valence-electron chi connectivity index (χ0n) is 8.63. The molecule has 0 aliphatic heterocycles. The largest absolute Gasteiger partial charge is 0.354 e. The minimum Gasteiger partial charge on any atom is -0.354 e. The molecule has 1 heterocycles. The van der Waals surface area contributed by atoms with Gasteiger partial charge in [0.15, 0.2) is 5.13 Å². The molecule has 0 amide bonds. The Bertz CT molecular complexity index is 377. The average Bonchev–Trinajstić information content (AvgIpc) is 2.59. The third-order valence-electron chi connectivity index (χ3n) is 2.80. The van der Waals surface area contributed by atoms with E-state index in [1.807, 2.05) is 14.1 Å². The smallest absolute Gasteiger partial charge is 0.261 e. The maximum absolute atomic E-state index is 13.2. The SMILES string of the molecule is CN(C)c1ncc(C2(CN)CC2(F)F)s1. The molecule has 1 aliphatic carbocycles. The third kappa shape index (κ3) is 1.43. The topological polar surface area (TPSA) is 42.2 Å². The van der Waals surface area contributed by atoms with E-state index in [9.17, 15) is 8.78 Å². The quantitative estimate of drug-likeness (QED) is 0.859. The third-order valence-corrected chi connectivity index (χ3v) is 4.16. The maximum atomic E-state index is 13.2. The number of hydrogen-bond acceptors (Lipinski definition) is 4. The van der Waals surface area contributed by atoms with Crippen LogP contribution in [0.1, 0.15) is 11.3 Å². The molecule has 0 spiro atoms. The van der Waals surface area contributed by atoms with Crippen molar-refractivity contribution in [2.45, 2.75) is 17.8 Å². The molecule has 2 rings (SSSR count). The Balaban J connectivity index is 2.30. The average molecular weight is 233 g/mol. The standard InChI is InChI=1S/C9H13F2N3S/c1-14(2)7-13-3-6(15-7)8(5-12)4-9(8,10)11/h3H,4-5,12H2,1-2H3. The Morgan fingerprint density at radius 3 is 2.53 bits per heavy atom. The lowest BCUT2D eigenvalue weighted by Gasteiger charge is -2.10. The molecule has 1 fully saturated rings. The molecule has 1 unspecified atom stereocenters. The first-order chi connectivity index (χ1) is 6.93. The summed E-state index contributed by atoms with van der Waals surface area (Å²) in [6.45, 7) is -0.0188. The van der Waals surface area contributed by atoms with E-state index in [1.54, 1.807) is 4.90 Å². The molecule has 1 atom stereocenters.